The first-order valence-electron chi connectivity index (χ1n) is 10.0. The topological polar surface area (TPSA) is 128 Å². The molecule has 0 fully saturated rings. The number of ether oxygens (including phenoxy) is 2. The number of rotatable bonds is 12. The molecule has 0 spiro atoms. The van der Waals surface area contributed by atoms with E-state index in [2.05, 4.69) is 5.32 Å². The van der Waals surface area contributed by atoms with Gasteiger partial charge in [0.1, 0.15) is 18.0 Å². The molecule has 0 aliphatic rings. The second kappa shape index (κ2) is 11.3. The number of unbranched alkanes of at least 4 members (excludes halogenated alkanes) is 2. The molecule has 0 aliphatic carbocycles. The van der Waals surface area contributed by atoms with Crippen LogP contribution in [0.1, 0.15) is 26.2 Å². The van der Waals surface area contributed by atoms with E-state index in [-0.39, 0.29) is 11.4 Å². The minimum absolute atomic E-state index is 0.0511. The van der Waals surface area contributed by atoms with Crippen molar-refractivity contribution in [1.29, 1.82) is 0 Å². The van der Waals surface area contributed by atoms with Gasteiger partial charge in [0.2, 0.25) is 5.91 Å². The lowest BCUT2D eigenvalue weighted by molar-refractivity contribution is -0.387. The third kappa shape index (κ3) is 5.88. The van der Waals surface area contributed by atoms with Crippen molar-refractivity contribution in [2.45, 2.75) is 31.1 Å². The SMILES string of the molecule is CCCCCNC(=O)CN(c1ccc(OC)cc1OC)S(=O)(=O)c1ccccc1[N+](=O)[O-]. The number of hydrogen-bond acceptors (Lipinski definition) is 7. The quantitative estimate of drug-likeness (QED) is 0.290. The average molecular weight is 466 g/mol. The molecule has 32 heavy (non-hydrogen) atoms. The predicted octanol–water partition coefficient (Wildman–Crippen LogP) is 3.11. The number of carbonyl (C=O) groups excluding carboxylic acids is 1. The number of anilines is 1. The Morgan fingerprint density at radius 2 is 1.84 bits per heavy atom. The van der Waals surface area contributed by atoms with Crippen LogP contribution in [-0.2, 0) is 14.8 Å². The number of methoxy groups -OCH3 is 2. The van der Waals surface area contributed by atoms with Gasteiger partial charge in [0, 0.05) is 18.7 Å². The van der Waals surface area contributed by atoms with Crippen LogP contribution in [0, 0.1) is 10.1 Å². The smallest absolute Gasteiger partial charge is 0.289 e. The summed E-state index contributed by atoms with van der Waals surface area (Å²) >= 11 is 0. The summed E-state index contributed by atoms with van der Waals surface area (Å²) in [6, 6.07) is 9.39. The maximum absolute atomic E-state index is 13.5. The van der Waals surface area contributed by atoms with Gasteiger partial charge >= 0.3 is 0 Å². The zero-order valence-corrected chi connectivity index (χ0v) is 19.1. The fraction of sp³-hybridized carbons (Fsp3) is 0.381. The van der Waals surface area contributed by atoms with Crippen molar-refractivity contribution >= 4 is 27.3 Å². The van der Waals surface area contributed by atoms with Crippen molar-refractivity contribution in [3.8, 4) is 11.5 Å². The largest absolute Gasteiger partial charge is 0.497 e. The Morgan fingerprint density at radius 1 is 1.12 bits per heavy atom. The maximum atomic E-state index is 13.5. The van der Waals surface area contributed by atoms with Crippen LogP contribution in [0.5, 0.6) is 11.5 Å². The van der Waals surface area contributed by atoms with Crippen LogP contribution < -0.4 is 19.1 Å². The molecule has 1 amide bonds. The summed E-state index contributed by atoms with van der Waals surface area (Å²) < 4.78 is 38.4. The number of nitro benzene ring substituents is 1. The number of carbonyl (C=O) groups is 1. The van der Waals surface area contributed by atoms with E-state index in [1.54, 1.807) is 0 Å². The van der Waals surface area contributed by atoms with Gasteiger partial charge in [0.15, 0.2) is 4.90 Å². The van der Waals surface area contributed by atoms with Crippen LogP contribution in [0.3, 0.4) is 0 Å². The maximum Gasteiger partial charge on any atom is 0.289 e. The third-order valence-corrected chi connectivity index (χ3v) is 6.48. The lowest BCUT2D eigenvalue weighted by Gasteiger charge is -2.25. The predicted molar refractivity (Wildman–Crippen MR) is 120 cm³/mol. The van der Waals surface area contributed by atoms with E-state index in [1.807, 2.05) is 6.92 Å². The van der Waals surface area contributed by atoms with Crippen molar-refractivity contribution in [2.24, 2.45) is 0 Å². The summed E-state index contributed by atoms with van der Waals surface area (Å²) in [5, 5.41) is 14.2. The highest BCUT2D eigenvalue weighted by atomic mass is 32.2. The molecule has 0 radical (unpaired) electrons. The van der Waals surface area contributed by atoms with Gasteiger partial charge in [-0.2, -0.15) is 0 Å². The average Bonchev–Trinajstić information content (AvgIpc) is 2.79. The van der Waals surface area contributed by atoms with Crippen LogP contribution in [-0.4, -0.2) is 46.6 Å². The van der Waals surface area contributed by atoms with E-state index in [9.17, 15) is 23.3 Å². The van der Waals surface area contributed by atoms with Gasteiger partial charge in [-0.15, -0.1) is 0 Å². The molecule has 10 nitrogen and oxygen atoms in total. The molecule has 2 aromatic carbocycles. The van der Waals surface area contributed by atoms with Gasteiger partial charge in [-0.1, -0.05) is 31.9 Å². The van der Waals surface area contributed by atoms with Gasteiger partial charge < -0.3 is 14.8 Å². The van der Waals surface area contributed by atoms with Crippen molar-refractivity contribution in [3.63, 3.8) is 0 Å². The molecule has 11 heteroatoms. The highest BCUT2D eigenvalue weighted by Crippen LogP contribution is 2.37. The second-order valence-electron chi connectivity index (χ2n) is 6.83. The Balaban J connectivity index is 2.54. The Bertz CT molecular complexity index is 1060. The molecule has 2 aromatic rings. The number of para-hydroxylation sites is 1. The first-order chi connectivity index (χ1) is 15.3. The van der Waals surface area contributed by atoms with Gasteiger partial charge in [-0.25, -0.2) is 8.42 Å². The molecule has 0 atom stereocenters. The first-order valence-corrected chi connectivity index (χ1v) is 11.4. The number of nitrogens with zero attached hydrogens (tertiary/aromatic N) is 2. The van der Waals surface area contributed by atoms with E-state index in [4.69, 9.17) is 9.47 Å². The van der Waals surface area contributed by atoms with Gasteiger partial charge in [0.05, 0.1) is 24.8 Å². The minimum atomic E-state index is -4.50. The first kappa shape index (κ1) is 24.9. The van der Waals surface area contributed by atoms with Crippen LogP contribution in [0.2, 0.25) is 0 Å². The summed E-state index contributed by atoms with van der Waals surface area (Å²) in [4.78, 5) is 22.8. The second-order valence-corrected chi connectivity index (χ2v) is 8.66. The third-order valence-electron chi connectivity index (χ3n) is 4.68. The summed E-state index contributed by atoms with van der Waals surface area (Å²) in [7, 11) is -1.71. The van der Waals surface area contributed by atoms with Crippen molar-refractivity contribution in [1.82, 2.24) is 5.32 Å². The van der Waals surface area contributed by atoms with E-state index in [0.29, 0.717) is 12.3 Å². The van der Waals surface area contributed by atoms with Crippen molar-refractivity contribution in [3.05, 3.63) is 52.6 Å². The Morgan fingerprint density at radius 3 is 2.47 bits per heavy atom. The normalized spacial score (nSPS) is 11.0. The molecular weight excluding hydrogens is 438 g/mol. The van der Waals surface area contributed by atoms with Crippen LogP contribution in [0.4, 0.5) is 11.4 Å². The Kier molecular flexibility index (Phi) is 8.82. The minimum Gasteiger partial charge on any atom is -0.497 e. The van der Waals surface area contributed by atoms with Crippen molar-refractivity contribution < 1.29 is 27.6 Å². The van der Waals surface area contributed by atoms with Gasteiger partial charge in [-0.05, 0) is 24.6 Å². The molecule has 0 heterocycles. The lowest BCUT2D eigenvalue weighted by atomic mass is 10.2. The number of benzene rings is 2. The van der Waals surface area contributed by atoms with E-state index in [0.717, 1.165) is 35.7 Å². The van der Waals surface area contributed by atoms with E-state index < -0.39 is 38.0 Å². The number of nitro groups is 1. The molecule has 0 aromatic heterocycles. The zero-order valence-electron chi connectivity index (χ0n) is 18.2. The van der Waals surface area contributed by atoms with Crippen molar-refractivity contribution in [2.75, 3.05) is 31.6 Å². The lowest BCUT2D eigenvalue weighted by Crippen LogP contribution is -2.41. The van der Waals surface area contributed by atoms with Crippen LogP contribution >= 0.6 is 0 Å². The summed E-state index contributed by atoms with van der Waals surface area (Å²) in [5.74, 6) is 0.00378. The standard InChI is InChI=1S/C21H27N3O7S/c1-4-5-8-13-22-21(25)15-23(17-12-11-16(30-2)14-19(17)31-3)32(28,29)20-10-7-6-9-18(20)24(26)27/h6-7,9-12,14H,4-5,8,13,15H2,1-3H3,(H,22,25). The molecular formula is C21H27N3O7S. The highest BCUT2D eigenvalue weighted by molar-refractivity contribution is 7.93. The summed E-state index contributed by atoms with van der Waals surface area (Å²) in [6.45, 7) is 1.84. The van der Waals surface area contributed by atoms with Crippen LogP contribution in [0.25, 0.3) is 0 Å². The number of sulfonamides is 1. The summed E-state index contributed by atoms with van der Waals surface area (Å²) in [6.07, 6.45) is 2.65. The summed E-state index contributed by atoms with van der Waals surface area (Å²) in [5.41, 5.74) is -0.538. The fourth-order valence-electron chi connectivity index (χ4n) is 3.02. The molecule has 0 saturated carbocycles. The number of hydrogen-bond donors (Lipinski definition) is 1. The Labute approximate surface area is 187 Å². The van der Waals surface area contributed by atoms with Crippen LogP contribution in [0.15, 0.2) is 47.4 Å². The van der Waals surface area contributed by atoms with Gasteiger partial charge in [-0.3, -0.25) is 19.2 Å². The monoisotopic (exact) mass is 465 g/mol. The van der Waals surface area contributed by atoms with Gasteiger partial charge in [0.25, 0.3) is 15.7 Å². The van der Waals surface area contributed by atoms with E-state index in [1.165, 1.54) is 44.6 Å². The van der Waals surface area contributed by atoms with E-state index >= 15 is 0 Å². The molecule has 0 unspecified atom stereocenters. The molecule has 2 rings (SSSR count). The Hall–Kier alpha value is -3.34. The molecule has 174 valence electrons. The number of nitrogens with one attached hydrogen (secondary N) is 1. The fourth-order valence-corrected chi connectivity index (χ4v) is 4.62. The highest BCUT2D eigenvalue weighted by Gasteiger charge is 2.34. The molecule has 1 N–H and O–H groups in total. The molecule has 0 aliphatic heterocycles. The molecule has 0 saturated heterocycles. The molecule has 0 bridgehead atoms. The zero-order chi connectivity index (χ0) is 23.7. The number of amides is 1.